The van der Waals surface area contributed by atoms with E-state index in [2.05, 4.69) is 351 Å². The van der Waals surface area contributed by atoms with Crippen molar-refractivity contribution in [2.45, 2.75) is 10.8 Å². The number of fused-ring (bicyclic) bond motifs is 18. The van der Waals surface area contributed by atoms with E-state index in [1.54, 1.807) is 0 Å². The lowest BCUT2D eigenvalue weighted by molar-refractivity contribution is 0.633. The van der Waals surface area contributed by atoms with Gasteiger partial charge in [0.05, 0.1) is 10.8 Å². The minimum absolute atomic E-state index is 0.695. The first-order valence-electron chi connectivity index (χ1n) is 31.1. The van der Waals surface area contributed by atoms with Gasteiger partial charge in [-0.15, -0.1) is 0 Å². The van der Waals surface area contributed by atoms with Crippen LogP contribution in [0.2, 0.25) is 0 Å². The summed E-state index contributed by atoms with van der Waals surface area (Å²) in [5.41, 5.74) is 29.3. The summed E-state index contributed by atoms with van der Waals surface area (Å²) in [6.45, 7) is 0. The van der Waals surface area contributed by atoms with Gasteiger partial charge in [0, 0.05) is 17.1 Å². The van der Waals surface area contributed by atoms with E-state index in [1.165, 1.54) is 144 Å². The number of anilines is 3. The second-order valence-electron chi connectivity index (χ2n) is 24.1. The Morgan fingerprint density at radius 2 is 0.506 bits per heavy atom. The summed E-state index contributed by atoms with van der Waals surface area (Å²) in [7, 11) is 0. The van der Waals surface area contributed by atoms with Crippen LogP contribution in [0.15, 0.2) is 346 Å². The fraction of sp³-hybridized carbons (Fsp3) is 0.0227. The van der Waals surface area contributed by atoms with Gasteiger partial charge < -0.3 is 4.90 Å². The summed E-state index contributed by atoms with van der Waals surface area (Å²) < 4.78 is 0. The van der Waals surface area contributed by atoms with Crippen molar-refractivity contribution < 1.29 is 0 Å². The lowest BCUT2D eigenvalue weighted by atomic mass is 9.52. The molecular formula is C88H57N. The number of nitrogens with zero attached hydrogens (tertiary/aromatic N) is 1. The van der Waals surface area contributed by atoms with Crippen molar-refractivity contribution in [3.05, 3.63) is 390 Å². The molecule has 3 aliphatic carbocycles. The third-order valence-corrected chi connectivity index (χ3v) is 19.8. The molecule has 2 spiro atoms. The van der Waals surface area contributed by atoms with Crippen LogP contribution in [0.1, 0.15) is 44.5 Å². The van der Waals surface area contributed by atoms with Gasteiger partial charge in [-0.25, -0.2) is 0 Å². The molecule has 3 aliphatic rings. The maximum absolute atomic E-state index is 2.56. The fourth-order valence-corrected chi connectivity index (χ4v) is 16.1. The van der Waals surface area contributed by atoms with Crippen molar-refractivity contribution in [2.75, 3.05) is 4.90 Å². The molecule has 0 unspecified atom stereocenters. The number of hydrogen-bond acceptors (Lipinski definition) is 1. The van der Waals surface area contributed by atoms with Crippen LogP contribution >= 0.6 is 0 Å². The smallest absolute Gasteiger partial charge is 0.0720 e. The Labute approximate surface area is 519 Å². The highest BCUT2D eigenvalue weighted by atomic mass is 15.1. The zero-order chi connectivity index (χ0) is 58.6. The lowest BCUT2D eigenvalue weighted by Crippen LogP contribution is -2.43. The normalized spacial score (nSPS) is 15.5. The summed E-state index contributed by atoms with van der Waals surface area (Å²) in [5, 5.41) is 4.96. The monoisotopic (exact) mass is 1130 g/mol. The van der Waals surface area contributed by atoms with Crippen LogP contribution in [0.25, 0.3) is 99.4 Å². The molecule has 0 radical (unpaired) electrons. The molecule has 0 amide bonds. The Bertz CT molecular complexity index is 5110. The van der Waals surface area contributed by atoms with Gasteiger partial charge in [-0.1, -0.05) is 303 Å². The summed E-state index contributed by atoms with van der Waals surface area (Å²) in [6, 6.07) is 130. The molecule has 0 saturated carbocycles. The molecule has 89 heavy (non-hydrogen) atoms. The summed E-state index contributed by atoms with van der Waals surface area (Å²) in [4.78, 5) is 2.48. The van der Waals surface area contributed by atoms with Gasteiger partial charge in [0.15, 0.2) is 0 Å². The van der Waals surface area contributed by atoms with Crippen molar-refractivity contribution in [1.29, 1.82) is 0 Å². The zero-order valence-corrected chi connectivity index (χ0v) is 48.9. The largest absolute Gasteiger partial charge is 0.310 e. The maximum atomic E-state index is 2.56. The van der Waals surface area contributed by atoms with Gasteiger partial charge in [-0.2, -0.15) is 0 Å². The molecule has 0 saturated heterocycles. The van der Waals surface area contributed by atoms with Crippen molar-refractivity contribution in [2.24, 2.45) is 0 Å². The second-order valence-corrected chi connectivity index (χ2v) is 24.1. The van der Waals surface area contributed by atoms with E-state index in [-0.39, 0.29) is 0 Å². The average molecular weight is 1130 g/mol. The SMILES string of the molecule is c1ccc(-c2ccc3c(c2)C2(c4ccccc4C4(c5cc(N(c6ccc(-c7cccc8ccccc78)cc6)c6ccc(-c7cccc8ccccc78)cc6)ccc5-c5c(-c6ccccc6)cccc54)c4ccccc42)c2cccc(-c4ccccc4)c2-3)cc1. The molecule has 414 valence electrons. The van der Waals surface area contributed by atoms with E-state index in [9.17, 15) is 0 Å². The van der Waals surface area contributed by atoms with Crippen molar-refractivity contribution in [3.8, 4) is 77.9 Å². The molecule has 0 atom stereocenters. The first-order valence-corrected chi connectivity index (χ1v) is 31.1. The highest BCUT2D eigenvalue weighted by molar-refractivity contribution is 6.03. The van der Waals surface area contributed by atoms with E-state index in [0.717, 1.165) is 17.1 Å². The Morgan fingerprint density at radius 3 is 0.978 bits per heavy atom. The van der Waals surface area contributed by atoms with E-state index in [0.29, 0.717) is 0 Å². The van der Waals surface area contributed by atoms with Crippen molar-refractivity contribution >= 4 is 38.6 Å². The van der Waals surface area contributed by atoms with E-state index in [4.69, 9.17) is 0 Å². The quantitative estimate of drug-likeness (QED) is 0.147. The predicted octanol–water partition coefficient (Wildman–Crippen LogP) is 22.8. The van der Waals surface area contributed by atoms with Gasteiger partial charge in [-0.3, -0.25) is 0 Å². The molecule has 1 nitrogen and oxygen atoms in total. The van der Waals surface area contributed by atoms with Crippen LogP contribution < -0.4 is 4.90 Å². The molecule has 0 aliphatic heterocycles. The topological polar surface area (TPSA) is 3.24 Å². The Balaban J connectivity index is 0.907. The third-order valence-electron chi connectivity index (χ3n) is 19.8. The standard InChI is InChI=1S/C88H57N/c1-4-22-58(23-5-1)65-48-54-75-83(56-65)87(81-42-20-36-73(85(75)81)61-24-6-2-7-25-61)77-38-14-16-40-79(77)88(80-41-17-15-39-78(80)87)82-43-21-37-74(62-26-8-3-9-27-62)86(82)76-55-53-68(57-84(76)88)89(66-49-44-63(45-50-66)71-34-18-30-59-28-10-12-32-69(59)71)67-51-46-64(47-52-67)72-35-19-31-60-29-11-13-33-70(60)72/h1-57H. The Hall–Kier alpha value is -11.4. The van der Waals surface area contributed by atoms with Crippen LogP contribution in [0.3, 0.4) is 0 Å². The van der Waals surface area contributed by atoms with Crippen LogP contribution in [-0.2, 0) is 10.8 Å². The molecule has 15 aromatic rings. The van der Waals surface area contributed by atoms with E-state index < -0.39 is 10.8 Å². The minimum atomic E-state index is -0.761. The molecule has 0 N–H and O–H groups in total. The Morgan fingerprint density at radius 1 is 0.180 bits per heavy atom. The average Bonchev–Trinajstić information content (AvgIpc) is 1.54. The molecule has 1 heteroatoms. The molecule has 0 bridgehead atoms. The predicted molar refractivity (Wildman–Crippen MR) is 371 cm³/mol. The van der Waals surface area contributed by atoms with Crippen LogP contribution in [0, 0.1) is 0 Å². The van der Waals surface area contributed by atoms with Crippen molar-refractivity contribution in [1.82, 2.24) is 0 Å². The van der Waals surface area contributed by atoms with Gasteiger partial charge >= 0.3 is 0 Å². The first-order chi connectivity index (χ1) is 44.2. The number of rotatable bonds is 8. The molecule has 18 rings (SSSR count). The summed E-state index contributed by atoms with van der Waals surface area (Å²) >= 11 is 0. The van der Waals surface area contributed by atoms with E-state index in [1.807, 2.05) is 0 Å². The molecule has 15 aromatic carbocycles. The van der Waals surface area contributed by atoms with Gasteiger partial charge in [-0.05, 0) is 186 Å². The number of benzene rings is 15. The fourth-order valence-electron chi connectivity index (χ4n) is 16.1. The van der Waals surface area contributed by atoms with Crippen molar-refractivity contribution in [3.63, 3.8) is 0 Å². The maximum Gasteiger partial charge on any atom is 0.0720 e. The van der Waals surface area contributed by atoms with Gasteiger partial charge in [0.25, 0.3) is 0 Å². The molecule has 0 fully saturated rings. The van der Waals surface area contributed by atoms with Crippen LogP contribution in [0.5, 0.6) is 0 Å². The lowest BCUT2D eigenvalue weighted by Gasteiger charge is -2.49. The Kier molecular flexibility index (Phi) is 11.5. The molecule has 0 aromatic heterocycles. The van der Waals surface area contributed by atoms with Crippen LogP contribution in [-0.4, -0.2) is 0 Å². The minimum Gasteiger partial charge on any atom is -0.310 e. The van der Waals surface area contributed by atoms with Gasteiger partial charge in [0.2, 0.25) is 0 Å². The third kappa shape index (κ3) is 7.49. The van der Waals surface area contributed by atoms with Gasteiger partial charge in [0.1, 0.15) is 0 Å². The molecular weight excluding hydrogens is 1070 g/mol. The highest BCUT2D eigenvalue weighted by Crippen LogP contribution is 2.69. The highest BCUT2D eigenvalue weighted by Gasteiger charge is 2.59. The number of hydrogen-bond donors (Lipinski definition) is 0. The molecule has 0 heterocycles. The van der Waals surface area contributed by atoms with E-state index >= 15 is 0 Å². The summed E-state index contributed by atoms with van der Waals surface area (Å²) in [5.74, 6) is 0. The summed E-state index contributed by atoms with van der Waals surface area (Å²) in [6.07, 6.45) is 0. The second kappa shape index (κ2) is 20.1. The van der Waals surface area contributed by atoms with Crippen LogP contribution in [0.4, 0.5) is 17.1 Å². The zero-order valence-electron chi connectivity index (χ0n) is 48.9. The first kappa shape index (κ1) is 50.9.